The van der Waals surface area contributed by atoms with Crippen LogP contribution in [0.3, 0.4) is 0 Å². The van der Waals surface area contributed by atoms with E-state index in [1.165, 1.54) is 60.3 Å². The van der Waals surface area contributed by atoms with Crippen molar-refractivity contribution in [1.82, 2.24) is 20.1 Å². The third-order valence-electron chi connectivity index (χ3n) is 5.61. The molecule has 0 saturated heterocycles. The van der Waals surface area contributed by atoms with Gasteiger partial charge < -0.3 is 10.1 Å². The number of nitrogens with one attached hydrogen (secondary N) is 1. The number of aromatic nitrogens is 3. The Bertz CT molecular complexity index is 1410. The lowest BCUT2D eigenvalue weighted by atomic mass is 10.1. The van der Waals surface area contributed by atoms with Crippen molar-refractivity contribution in [3.05, 3.63) is 107 Å². The second kappa shape index (κ2) is 12.3. The summed E-state index contributed by atoms with van der Waals surface area (Å²) in [6, 6.07) is 15.1. The number of thioether (sulfide) groups is 1. The molecule has 4 aromatic rings. The van der Waals surface area contributed by atoms with Crippen LogP contribution in [-0.4, -0.2) is 33.0 Å². The predicted octanol–water partition coefficient (Wildman–Crippen LogP) is 6.29. The number of carbonyl (C=O) groups excluding carboxylic acids is 1. The summed E-state index contributed by atoms with van der Waals surface area (Å²) in [5, 5.41) is 11.4. The molecule has 0 spiro atoms. The summed E-state index contributed by atoms with van der Waals surface area (Å²) >= 11 is 1.31. The quantitative estimate of drug-likeness (QED) is 0.140. The van der Waals surface area contributed by atoms with Crippen molar-refractivity contribution in [2.45, 2.75) is 30.8 Å². The maximum absolute atomic E-state index is 13.4. The van der Waals surface area contributed by atoms with E-state index < -0.39 is 35.1 Å². The molecule has 12 heteroatoms. The molecular formula is C27H23F5N4O2S. The SMILES string of the molecule is CC(NC(=O)c1ccccc1C(F)(F)F)c1nnc(SCCOc2ccc(F)cc2)n1Cc1ccc(F)cc1. The van der Waals surface area contributed by atoms with Crippen molar-refractivity contribution in [1.29, 1.82) is 0 Å². The second-order valence-electron chi connectivity index (χ2n) is 8.44. The highest BCUT2D eigenvalue weighted by molar-refractivity contribution is 7.99. The lowest BCUT2D eigenvalue weighted by Crippen LogP contribution is -2.30. The molecule has 0 bridgehead atoms. The van der Waals surface area contributed by atoms with E-state index in [1.54, 1.807) is 23.6 Å². The first-order valence-corrected chi connectivity index (χ1v) is 12.8. The number of carbonyl (C=O) groups is 1. The van der Waals surface area contributed by atoms with Gasteiger partial charge in [-0.3, -0.25) is 9.36 Å². The Hall–Kier alpha value is -3.93. The van der Waals surface area contributed by atoms with E-state index in [1.807, 2.05) is 0 Å². The van der Waals surface area contributed by atoms with Gasteiger partial charge in [0.15, 0.2) is 11.0 Å². The van der Waals surface area contributed by atoms with Gasteiger partial charge in [-0.15, -0.1) is 10.2 Å². The Labute approximate surface area is 225 Å². The zero-order valence-corrected chi connectivity index (χ0v) is 21.4. The van der Waals surface area contributed by atoms with Crippen LogP contribution in [0.1, 0.15) is 40.3 Å². The molecule has 0 fully saturated rings. The number of amides is 1. The Kier molecular flexibility index (Phi) is 8.85. The van der Waals surface area contributed by atoms with Gasteiger partial charge in [0, 0.05) is 5.75 Å². The standard InChI is InChI=1S/C27H23F5N4O2S/c1-17(33-25(37)22-4-2-3-5-23(22)27(30,31)32)24-34-35-26(36(24)16-18-6-8-19(28)9-7-18)39-15-14-38-21-12-10-20(29)11-13-21/h2-13,17H,14-16H2,1H3,(H,33,37). The molecule has 204 valence electrons. The molecule has 3 aromatic carbocycles. The largest absolute Gasteiger partial charge is 0.493 e. The number of hydrogen-bond donors (Lipinski definition) is 1. The van der Waals surface area contributed by atoms with Gasteiger partial charge in [-0.2, -0.15) is 13.2 Å². The third-order valence-corrected chi connectivity index (χ3v) is 6.54. The first-order chi connectivity index (χ1) is 18.6. The van der Waals surface area contributed by atoms with Crippen molar-refractivity contribution >= 4 is 17.7 Å². The molecule has 0 radical (unpaired) electrons. The summed E-state index contributed by atoms with van der Waals surface area (Å²) in [7, 11) is 0. The number of hydrogen-bond acceptors (Lipinski definition) is 5. The minimum Gasteiger partial charge on any atom is -0.493 e. The van der Waals surface area contributed by atoms with Crippen LogP contribution >= 0.6 is 11.8 Å². The van der Waals surface area contributed by atoms with Crippen molar-refractivity contribution in [2.24, 2.45) is 0 Å². The van der Waals surface area contributed by atoms with E-state index in [4.69, 9.17) is 4.74 Å². The molecule has 39 heavy (non-hydrogen) atoms. The van der Waals surface area contributed by atoms with Gasteiger partial charge >= 0.3 is 6.18 Å². The number of nitrogens with zero attached hydrogens (tertiary/aromatic N) is 3. The molecule has 0 saturated carbocycles. The summed E-state index contributed by atoms with van der Waals surface area (Å²) in [6.45, 7) is 2.09. The number of ether oxygens (including phenoxy) is 1. The van der Waals surface area contributed by atoms with Crippen LogP contribution in [0.25, 0.3) is 0 Å². The van der Waals surface area contributed by atoms with Crippen LogP contribution in [0.4, 0.5) is 22.0 Å². The number of benzene rings is 3. The fourth-order valence-corrected chi connectivity index (χ4v) is 4.50. The van der Waals surface area contributed by atoms with E-state index in [-0.39, 0.29) is 19.0 Å². The summed E-state index contributed by atoms with van der Waals surface area (Å²) in [5.41, 5.74) is -0.823. The maximum Gasteiger partial charge on any atom is 0.417 e. The van der Waals surface area contributed by atoms with Crippen LogP contribution in [0.2, 0.25) is 0 Å². The summed E-state index contributed by atoms with van der Waals surface area (Å²) in [5.74, 6) is -0.437. The molecular weight excluding hydrogens is 539 g/mol. The number of rotatable bonds is 10. The first kappa shape index (κ1) is 28.1. The van der Waals surface area contributed by atoms with Gasteiger partial charge in [0.25, 0.3) is 5.91 Å². The average Bonchev–Trinajstić information content (AvgIpc) is 3.30. The number of alkyl halides is 3. The van der Waals surface area contributed by atoms with Gasteiger partial charge in [0.05, 0.1) is 30.3 Å². The molecule has 6 nitrogen and oxygen atoms in total. The van der Waals surface area contributed by atoms with Crippen LogP contribution in [0, 0.1) is 11.6 Å². The highest BCUT2D eigenvalue weighted by atomic mass is 32.2. The molecule has 1 aromatic heterocycles. The monoisotopic (exact) mass is 562 g/mol. The Morgan fingerprint density at radius 3 is 2.28 bits per heavy atom. The Morgan fingerprint density at radius 2 is 1.62 bits per heavy atom. The maximum atomic E-state index is 13.4. The molecule has 1 heterocycles. The molecule has 4 rings (SSSR count). The van der Waals surface area contributed by atoms with Gasteiger partial charge in [0.2, 0.25) is 0 Å². The smallest absolute Gasteiger partial charge is 0.417 e. The zero-order valence-electron chi connectivity index (χ0n) is 20.6. The van der Waals surface area contributed by atoms with Gasteiger partial charge in [-0.1, -0.05) is 36.0 Å². The van der Waals surface area contributed by atoms with Crippen molar-refractivity contribution in [3.8, 4) is 5.75 Å². The van der Waals surface area contributed by atoms with Crippen molar-refractivity contribution in [2.75, 3.05) is 12.4 Å². The summed E-state index contributed by atoms with van der Waals surface area (Å²) < 4.78 is 74.1. The van der Waals surface area contributed by atoms with Crippen LogP contribution in [0.5, 0.6) is 5.75 Å². The van der Waals surface area contributed by atoms with E-state index in [0.29, 0.717) is 22.5 Å². The van der Waals surface area contributed by atoms with Crippen LogP contribution in [0.15, 0.2) is 78.0 Å². The topological polar surface area (TPSA) is 69.0 Å². The van der Waals surface area contributed by atoms with Gasteiger partial charge in [-0.25, -0.2) is 8.78 Å². The first-order valence-electron chi connectivity index (χ1n) is 11.8. The summed E-state index contributed by atoms with van der Waals surface area (Å²) in [6.07, 6.45) is -4.69. The lowest BCUT2D eigenvalue weighted by molar-refractivity contribution is -0.137. The normalized spacial score (nSPS) is 12.3. The zero-order chi connectivity index (χ0) is 28.0. The lowest BCUT2D eigenvalue weighted by Gasteiger charge is -2.18. The molecule has 1 unspecified atom stereocenters. The van der Waals surface area contributed by atoms with Crippen LogP contribution in [-0.2, 0) is 12.7 Å². The minimum atomic E-state index is -4.69. The van der Waals surface area contributed by atoms with E-state index in [2.05, 4.69) is 15.5 Å². The Morgan fingerprint density at radius 1 is 0.974 bits per heavy atom. The van der Waals surface area contributed by atoms with E-state index in [9.17, 15) is 26.7 Å². The second-order valence-corrected chi connectivity index (χ2v) is 9.50. The minimum absolute atomic E-state index is 0.225. The number of halogens is 5. The van der Waals surface area contributed by atoms with Crippen molar-refractivity contribution < 1.29 is 31.5 Å². The fraction of sp³-hybridized carbons (Fsp3) is 0.222. The highest BCUT2D eigenvalue weighted by Crippen LogP contribution is 2.32. The van der Waals surface area contributed by atoms with E-state index >= 15 is 0 Å². The highest BCUT2D eigenvalue weighted by Gasteiger charge is 2.35. The van der Waals surface area contributed by atoms with E-state index in [0.717, 1.165) is 17.7 Å². The fourth-order valence-electron chi connectivity index (χ4n) is 3.74. The molecule has 1 amide bonds. The molecule has 0 aliphatic carbocycles. The van der Waals surface area contributed by atoms with Crippen molar-refractivity contribution in [3.63, 3.8) is 0 Å². The summed E-state index contributed by atoms with van der Waals surface area (Å²) in [4.78, 5) is 12.8. The predicted molar refractivity (Wildman–Crippen MR) is 135 cm³/mol. The Balaban J connectivity index is 1.52. The third kappa shape index (κ3) is 7.34. The van der Waals surface area contributed by atoms with Crippen LogP contribution < -0.4 is 10.1 Å². The molecule has 0 aliphatic heterocycles. The average molecular weight is 563 g/mol. The molecule has 0 aliphatic rings. The van der Waals surface area contributed by atoms with Gasteiger partial charge in [-0.05, 0) is 61.0 Å². The van der Waals surface area contributed by atoms with Gasteiger partial charge in [0.1, 0.15) is 17.4 Å². The molecule has 1 atom stereocenters. The molecule has 1 N–H and O–H groups in total.